The van der Waals surface area contributed by atoms with Gasteiger partial charge in [-0.3, -0.25) is 4.68 Å². The minimum absolute atomic E-state index is 0.476. The molecule has 1 rings (SSSR count). The molecule has 4 nitrogen and oxygen atoms in total. The van der Waals surface area contributed by atoms with Crippen molar-refractivity contribution in [1.29, 1.82) is 0 Å². The second-order valence-corrected chi connectivity index (χ2v) is 4.15. The monoisotopic (exact) mass is 225 g/mol. The molecule has 1 unspecified atom stereocenters. The minimum Gasteiger partial charge on any atom is -0.383 e. The van der Waals surface area contributed by atoms with Crippen LogP contribution in [0.25, 0.3) is 0 Å². The van der Waals surface area contributed by atoms with E-state index in [0.717, 1.165) is 32.5 Å². The van der Waals surface area contributed by atoms with Gasteiger partial charge >= 0.3 is 0 Å². The highest BCUT2D eigenvalue weighted by Gasteiger charge is 2.03. The van der Waals surface area contributed by atoms with Crippen LogP contribution in [0.15, 0.2) is 12.4 Å². The third-order valence-corrected chi connectivity index (χ3v) is 2.62. The van der Waals surface area contributed by atoms with Gasteiger partial charge < -0.3 is 10.1 Å². The number of nitrogens with zero attached hydrogens (tertiary/aromatic N) is 2. The first-order chi connectivity index (χ1) is 7.76. The molecule has 0 bridgehead atoms. The molecule has 0 aromatic carbocycles. The predicted octanol–water partition coefficient (Wildman–Crippen LogP) is 1.60. The molecule has 0 aliphatic rings. The molecule has 0 saturated heterocycles. The van der Waals surface area contributed by atoms with Crippen LogP contribution in [-0.4, -0.2) is 36.1 Å². The number of nitrogens with one attached hydrogen (secondary N) is 1. The van der Waals surface area contributed by atoms with E-state index in [4.69, 9.17) is 4.74 Å². The molecule has 0 amide bonds. The van der Waals surface area contributed by atoms with Gasteiger partial charge in [0.1, 0.15) is 0 Å². The maximum Gasteiger partial charge on any atom is 0.0615 e. The summed E-state index contributed by atoms with van der Waals surface area (Å²) in [6, 6.07) is 0.476. The fourth-order valence-electron chi connectivity index (χ4n) is 1.66. The summed E-state index contributed by atoms with van der Waals surface area (Å²) in [5.41, 5.74) is 1.22. The zero-order valence-electron chi connectivity index (χ0n) is 10.6. The molecule has 1 atom stereocenters. The topological polar surface area (TPSA) is 39.1 Å². The highest BCUT2D eigenvalue weighted by atomic mass is 16.5. The lowest BCUT2D eigenvalue weighted by atomic mass is 10.2. The second kappa shape index (κ2) is 7.41. The molecular weight excluding hydrogens is 202 g/mol. The van der Waals surface area contributed by atoms with Gasteiger partial charge in [-0.25, -0.2) is 0 Å². The highest BCUT2D eigenvalue weighted by Crippen LogP contribution is 1.96. The average molecular weight is 225 g/mol. The molecule has 1 aromatic heterocycles. The van der Waals surface area contributed by atoms with Crippen molar-refractivity contribution in [1.82, 2.24) is 15.1 Å². The first-order valence-corrected chi connectivity index (χ1v) is 5.97. The van der Waals surface area contributed by atoms with Crippen molar-refractivity contribution in [3.63, 3.8) is 0 Å². The van der Waals surface area contributed by atoms with Gasteiger partial charge in [0.25, 0.3) is 0 Å². The van der Waals surface area contributed by atoms with Gasteiger partial charge in [-0.1, -0.05) is 6.92 Å². The van der Waals surface area contributed by atoms with Crippen molar-refractivity contribution >= 4 is 0 Å². The zero-order valence-corrected chi connectivity index (χ0v) is 10.6. The summed E-state index contributed by atoms with van der Waals surface area (Å²) in [5.74, 6) is 0. The van der Waals surface area contributed by atoms with E-state index >= 15 is 0 Å². The molecule has 0 fully saturated rings. The second-order valence-electron chi connectivity index (χ2n) is 4.15. The first kappa shape index (κ1) is 13.2. The van der Waals surface area contributed by atoms with Gasteiger partial charge in [0.2, 0.25) is 0 Å². The van der Waals surface area contributed by atoms with Crippen LogP contribution in [0.4, 0.5) is 0 Å². The number of hydrogen-bond donors (Lipinski definition) is 1. The Morgan fingerprint density at radius 3 is 2.94 bits per heavy atom. The van der Waals surface area contributed by atoms with E-state index in [1.165, 1.54) is 5.56 Å². The molecule has 4 heteroatoms. The Balaban J connectivity index is 2.11. The van der Waals surface area contributed by atoms with E-state index in [1.54, 1.807) is 7.11 Å². The summed E-state index contributed by atoms with van der Waals surface area (Å²) in [5, 5.41) is 7.73. The lowest BCUT2D eigenvalue weighted by Gasteiger charge is -2.15. The van der Waals surface area contributed by atoms with Crippen molar-refractivity contribution in [3.8, 4) is 0 Å². The average Bonchev–Trinajstić information content (AvgIpc) is 2.69. The lowest BCUT2D eigenvalue weighted by molar-refractivity contribution is 0.164. The number of aromatic nitrogens is 2. The Hall–Kier alpha value is -0.870. The van der Waals surface area contributed by atoms with E-state index < -0.39 is 0 Å². The summed E-state index contributed by atoms with van der Waals surface area (Å²) >= 11 is 0. The van der Waals surface area contributed by atoms with Crippen molar-refractivity contribution in [2.24, 2.45) is 0 Å². The molecule has 92 valence electrons. The van der Waals surface area contributed by atoms with Crippen LogP contribution in [0.2, 0.25) is 0 Å². The maximum atomic E-state index is 5.13. The molecule has 16 heavy (non-hydrogen) atoms. The fourth-order valence-corrected chi connectivity index (χ4v) is 1.66. The Labute approximate surface area is 98.0 Å². The SMILES string of the molecule is CCC(COC)NCCCn1cc(C)cn1. The van der Waals surface area contributed by atoms with Crippen molar-refractivity contribution in [2.75, 3.05) is 20.3 Å². The van der Waals surface area contributed by atoms with Crippen LogP contribution < -0.4 is 5.32 Å². The van der Waals surface area contributed by atoms with Crippen LogP contribution in [0.3, 0.4) is 0 Å². The maximum absolute atomic E-state index is 5.13. The Kier molecular flexibility index (Phi) is 6.11. The molecule has 1 aromatic rings. The Bertz CT molecular complexity index is 286. The van der Waals surface area contributed by atoms with Gasteiger partial charge in [0, 0.05) is 25.9 Å². The van der Waals surface area contributed by atoms with E-state index in [2.05, 4.69) is 30.5 Å². The first-order valence-electron chi connectivity index (χ1n) is 5.97. The van der Waals surface area contributed by atoms with Crippen LogP contribution >= 0.6 is 0 Å². The predicted molar refractivity (Wildman–Crippen MR) is 65.5 cm³/mol. The lowest BCUT2D eigenvalue weighted by Crippen LogP contribution is -2.33. The normalized spacial score (nSPS) is 12.9. The largest absolute Gasteiger partial charge is 0.383 e. The number of rotatable bonds is 8. The number of hydrogen-bond acceptors (Lipinski definition) is 3. The summed E-state index contributed by atoms with van der Waals surface area (Å²) in [6.45, 7) is 7.02. The van der Waals surface area contributed by atoms with E-state index in [9.17, 15) is 0 Å². The van der Waals surface area contributed by atoms with Crippen molar-refractivity contribution in [3.05, 3.63) is 18.0 Å². The van der Waals surface area contributed by atoms with Gasteiger partial charge in [-0.15, -0.1) is 0 Å². The summed E-state index contributed by atoms with van der Waals surface area (Å²) < 4.78 is 7.13. The standard InChI is InChI=1S/C12H23N3O/c1-4-12(10-16-3)13-6-5-7-15-9-11(2)8-14-15/h8-9,12-13H,4-7,10H2,1-3H3. The fraction of sp³-hybridized carbons (Fsp3) is 0.750. The summed E-state index contributed by atoms with van der Waals surface area (Å²) in [7, 11) is 1.75. The molecule has 0 aliphatic heterocycles. The zero-order chi connectivity index (χ0) is 11.8. The molecule has 1 heterocycles. The molecule has 0 spiro atoms. The van der Waals surface area contributed by atoms with Crippen LogP contribution in [0, 0.1) is 6.92 Å². The van der Waals surface area contributed by atoms with E-state index in [-0.39, 0.29) is 0 Å². The van der Waals surface area contributed by atoms with Gasteiger partial charge in [-0.2, -0.15) is 5.10 Å². The molecule has 0 aliphatic carbocycles. The van der Waals surface area contributed by atoms with Gasteiger partial charge in [0.15, 0.2) is 0 Å². The van der Waals surface area contributed by atoms with E-state index in [0.29, 0.717) is 6.04 Å². The third-order valence-electron chi connectivity index (χ3n) is 2.62. The number of aryl methyl sites for hydroxylation is 2. The summed E-state index contributed by atoms with van der Waals surface area (Å²) in [6.07, 6.45) is 6.18. The smallest absolute Gasteiger partial charge is 0.0615 e. The van der Waals surface area contributed by atoms with Crippen LogP contribution in [0.1, 0.15) is 25.3 Å². The molecule has 0 saturated carbocycles. The third kappa shape index (κ3) is 4.77. The molecular formula is C12H23N3O. The van der Waals surface area contributed by atoms with Crippen LogP contribution in [0.5, 0.6) is 0 Å². The number of methoxy groups -OCH3 is 1. The van der Waals surface area contributed by atoms with Crippen molar-refractivity contribution in [2.45, 2.75) is 39.3 Å². The van der Waals surface area contributed by atoms with Gasteiger partial charge in [0.05, 0.1) is 12.8 Å². The molecule has 0 radical (unpaired) electrons. The minimum atomic E-state index is 0.476. The summed E-state index contributed by atoms with van der Waals surface area (Å²) in [4.78, 5) is 0. The van der Waals surface area contributed by atoms with E-state index in [1.807, 2.05) is 10.9 Å². The van der Waals surface area contributed by atoms with Crippen LogP contribution in [-0.2, 0) is 11.3 Å². The quantitative estimate of drug-likeness (QED) is 0.683. The Morgan fingerprint density at radius 2 is 2.38 bits per heavy atom. The van der Waals surface area contributed by atoms with Gasteiger partial charge in [-0.05, 0) is 31.9 Å². The van der Waals surface area contributed by atoms with Crippen molar-refractivity contribution < 1.29 is 4.74 Å². The Morgan fingerprint density at radius 1 is 1.56 bits per heavy atom. The molecule has 1 N–H and O–H groups in total. The number of ether oxygens (including phenoxy) is 1. The highest BCUT2D eigenvalue weighted by molar-refractivity contribution is 4.99.